The van der Waals surface area contributed by atoms with E-state index in [-0.39, 0.29) is 5.56 Å². The van der Waals surface area contributed by atoms with Crippen molar-refractivity contribution in [3.63, 3.8) is 0 Å². The third kappa shape index (κ3) is 1.90. The van der Waals surface area contributed by atoms with Crippen molar-refractivity contribution in [3.8, 4) is 0 Å². The van der Waals surface area contributed by atoms with Crippen LogP contribution in [0.2, 0.25) is 0 Å². The molecule has 2 aliphatic rings. The molecule has 1 saturated carbocycles. The third-order valence-electron chi connectivity index (χ3n) is 4.35. The van der Waals surface area contributed by atoms with E-state index in [1.165, 1.54) is 11.3 Å². The number of β-amino-alcohol motifs (C(OH)–C–C–N with tert-alkyl or cyclic N) is 1. The number of hydrogen-bond donors (Lipinski definition) is 1. The van der Waals surface area contributed by atoms with Crippen LogP contribution in [0, 0.1) is 12.8 Å². The number of fused-ring (bicyclic) bond motifs is 1. The van der Waals surface area contributed by atoms with E-state index >= 15 is 0 Å². The average molecular weight is 291 g/mol. The van der Waals surface area contributed by atoms with E-state index in [1.54, 1.807) is 10.5 Å². The van der Waals surface area contributed by atoms with Crippen molar-refractivity contribution in [2.75, 3.05) is 13.1 Å². The van der Waals surface area contributed by atoms with Crippen LogP contribution in [0.15, 0.2) is 16.2 Å². The number of hydrogen-bond acceptors (Lipinski definition) is 5. The van der Waals surface area contributed by atoms with Crippen molar-refractivity contribution >= 4 is 16.3 Å². The number of aryl methyl sites for hydroxylation is 1. The zero-order chi connectivity index (χ0) is 13.9. The molecule has 106 valence electrons. The summed E-state index contributed by atoms with van der Waals surface area (Å²) in [6.45, 7) is 3.99. The SMILES string of the molecule is Cc1csc2nc(CN3CC(O)(C4CC4)C3)cc(=O)n12. The highest BCUT2D eigenvalue weighted by atomic mass is 32.1. The maximum Gasteiger partial charge on any atom is 0.259 e. The molecule has 1 aliphatic carbocycles. The highest BCUT2D eigenvalue weighted by Crippen LogP contribution is 2.44. The van der Waals surface area contributed by atoms with Gasteiger partial charge in [-0.1, -0.05) is 0 Å². The molecule has 0 atom stereocenters. The lowest BCUT2D eigenvalue weighted by Gasteiger charge is -2.46. The molecule has 0 amide bonds. The van der Waals surface area contributed by atoms with E-state index in [1.807, 2.05) is 12.3 Å². The molecule has 1 N–H and O–H groups in total. The molecule has 0 aromatic carbocycles. The molecule has 0 radical (unpaired) electrons. The quantitative estimate of drug-likeness (QED) is 0.917. The summed E-state index contributed by atoms with van der Waals surface area (Å²) in [5, 5.41) is 12.2. The molecular formula is C14H17N3O2S. The number of rotatable bonds is 3. The zero-order valence-corrected chi connectivity index (χ0v) is 12.2. The van der Waals surface area contributed by atoms with Gasteiger partial charge in [-0.2, -0.15) is 0 Å². The van der Waals surface area contributed by atoms with Gasteiger partial charge < -0.3 is 5.11 Å². The van der Waals surface area contributed by atoms with Crippen LogP contribution in [0.1, 0.15) is 24.2 Å². The van der Waals surface area contributed by atoms with Crippen LogP contribution in [0.4, 0.5) is 0 Å². The van der Waals surface area contributed by atoms with Gasteiger partial charge in [-0.05, 0) is 25.7 Å². The van der Waals surface area contributed by atoms with Crippen molar-refractivity contribution in [3.05, 3.63) is 33.2 Å². The predicted molar refractivity (Wildman–Crippen MR) is 77.0 cm³/mol. The van der Waals surface area contributed by atoms with Crippen LogP contribution in [-0.4, -0.2) is 38.1 Å². The molecule has 0 unspecified atom stereocenters. The molecule has 5 nitrogen and oxygen atoms in total. The summed E-state index contributed by atoms with van der Waals surface area (Å²) in [6.07, 6.45) is 2.31. The monoisotopic (exact) mass is 291 g/mol. The molecule has 2 aromatic heterocycles. The molecule has 20 heavy (non-hydrogen) atoms. The van der Waals surface area contributed by atoms with Crippen molar-refractivity contribution in [2.24, 2.45) is 5.92 Å². The summed E-state index contributed by atoms with van der Waals surface area (Å²) in [6, 6.07) is 1.61. The molecular weight excluding hydrogens is 274 g/mol. The second-order valence-corrected chi connectivity index (χ2v) is 6.94. The Morgan fingerprint density at radius 3 is 2.95 bits per heavy atom. The Balaban J connectivity index is 1.54. The van der Waals surface area contributed by atoms with Gasteiger partial charge in [0.15, 0.2) is 4.96 Å². The first-order valence-electron chi connectivity index (χ1n) is 6.97. The minimum absolute atomic E-state index is 0.0123. The molecule has 2 fully saturated rings. The molecule has 6 heteroatoms. The Hall–Kier alpha value is -1.24. The molecule has 0 bridgehead atoms. The number of thiazole rings is 1. The van der Waals surface area contributed by atoms with Crippen molar-refractivity contribution < 1.29 is 5.11 Å². The van der Waals surface area contributed by atoms with E-state index in [0.29, 0.717) is 25.6 Å². The van der Waals surface area contributed by atoms with Crippen LogP contribution in [0.25, 0.3) is 4.96 Å². The predicted octanol–water partition coefficient (Wildman–Crippen LogP) is 1.02. The van der Waals surface area contributed by atoms with E-state index < -0.39 is 5.60 Å². The standard InChI is InChI=1S/C14H17N3O2S/c1-9-6-20-13-15-11(4-12(18)17(9)13)5-16-7-14(19,8-16)10-2-3-10/h4,6,10,19H,2-3,5,7-8H2,1H3. The average Bonchev–Trinajstić information content (AvgIpc) is 3.13. The molecule has 3 heterocycles. The minimum atomic E-state index is -0.474. The fourth-order valence-electron chi connectivity index (χ4n) is 3.13. The second-order valence-electron chi connectivity index (χ2n) is 6.10. The van der Waals surface area contributed by atoms with Gasteiger partial charge in [0.05, 0.1) is 11.3 Å². The lowest BCUT2D eigenvalue weighted by atomic mass is 9.88. The van der Waals surface area contributed by atoms with Crippen molar-refractivity contribution in [1.29, 1.82) is 0 Å². The number of aromatic nitrogens is 2. The van der Waals surface area contributed by atoms with Gasteiger partial charge in [-0.25, -0.2) is 4.98 Å². The Kier molecular flexibility index (Phi) is 2.58. The highest BCUT2D eigenvalue weighted by molar-refractivity contribution is 7.15. The van der Waals surface area contributed by atoms with Crippen LogP contribution >= 0.6 is 11.3 Å². The summed E-state index contributed by atoms with van der Waals surface area (Å²) in [5.74, 6) is 0.500. The normalized spacial score (nSPS) is 22.1. The lowest BCUT2D eigenvalue weighted by molar-refractivity contribution is -0.117. The Morgan fingerprint density at radius 1 is 1.50 bits per heavy atom. The van der Waals surface area contributed by atoms with Crippen LogP contribution in [0.5, 0.6) is 0 Å². The second kappa shape index (κ2) is 4.13. The number of nitrogens with zero attached hydrogens (tertiary/aromatic N) is 3. The summed E-state index contributed by atoms with van der Waals surface area (Å²) in [4.78, 5) is 19.5. The van der Waals surface area contributed by atoms with E-state index in [0.717, 1.165) is 29.2 Å². The van der Waals surface area contributed by atoms with Crippen molar-refractivity contribution in [2.45, 2.75) is 31.9 Å². The van der Waals surface area contributed by atoms with Crippen LogP contribution < -0.4 is 5.56 Å². The Labute approximate surface area is 120 Å². The summed E-state index contributed by atoms with van der Waals surface area (Å²) in [5.41, 5.74) is 1.25. The molecule has 1 aliphatic heterocycles. The summed E-state index contributed by atoms with van der Waals surface area (Å²) >= 11 is 1.49. The maximum atomic E-state index is 12.1. The first-order chi connectivity index (χ1) is 9.55. The van der Waals surface area contributed by atoms with Gasteiger partial charge in [-0.15, -0.1) is 11.3 Å². The van der Waals surface area contributed by atoms with E-state index in [4.69, 9.17) is 0 Å². The van der Waals surface area contributed by atoms with E-state index in [9.17, 15) is 9.90 Å². The smallest absolute Gasteiger partial charge is 0.259 e. The molecule has 0 spiro atoms. The van der Waals surface area contributed by atoms with Gasteiger partial charge in [0, 0.05) is 36.8 Å². The number of aliphatic hydroxyl groups is 1. The molecule has 2 aromatic rings. The van der Waals surface area contributed by atoms with Crippen molar-refractivity contribution in [1.82, 2.24) is 14.3 Å². The lowest BCUT2D eigenvalue weighted by Crippen LogP contribution is -2.62. The minimum Gasteiger partial charge on any atom is -0.387 e. The Morgan fingerprint density at radius 2 is 2.25 bits per heavy atom. The van der Waals surface area contributed by atoms with Gasteiger partial charge in [0.25, 0.3) is 5.56 Å². The van der Waals surface area contributed by atoms with Gasteiger partial charge in [0.1, 0.15) is 0 Å². The molecule has 1 saturated heterocycles. The molecule has 4 rings (SSSR count). The fraction of sp³-hybridized carbons (Fsp3) is 0.571. The zero-order valence-electron chi connectivity index (χ0n) is 11.4. The summed E-state index contributed by atoms with van der Waals surface area (Å²) in [7, 11) is 0. The first-order valence-corrected chi connectivity index (χ1v) is 7.85. The van der Waals surface area contributed by atoms with Gasteiger partial charge in [-0.3, -0.25) is 14.1 Å². The fourth-order valence-corrected chi connectivity index (χ4v) is 4.02. The van der Waals surface area contributed by atoms with Crippen LogP contribution in [0.3, 0.4) is 0 Å². The van der Waals surface area contributed by atoms with Gasteiger partial charge in [0.2, 0.25) is 0 Å². The first kappa shape index (κ1) is 12.5. The number of likely N-dealkylation sites (tertiary alicyclic amines) is 1. The van der Waals surface area contributed by atoms with Crippen LogP contribution in [-0.2, 0) is 6.54 Å². The van der Waals surface area contributed by atoms with E-state index in [2.05, 4.69) is 9.88 Å². The summed E-state index contributed by atoms with van der Waals surface area (Å²) < 4.78 is 1.64. The maximum absolute atomic E-state index is 12.1. The Bertz CT molecular complexity index is 726. The largest absolute Gasteiger partial charge is 0.387 e. The topological polar surface area (TPSA) is 57.8 Å². The third-order valence-corrected chi connectivity index (χ3v) is 5.29. The van der Waals surface area contributed by atoms with Gasteiger partial charge >= 0.3 is 0 Å². The highest BCUT2D eigenvalue weighted by Gasteiger charge is 2.51.